The molecule has 2 bridgehead atoms. The van der Waals surface area contributed by atoms with Crippen molar-refractivity contribution in [2.45, 2.75) is 32.6 Å². The minimum Gasteiger partial charge on any atom is -0.462 e. The van der Waals surface area contributed by atoms with Gasteiger partial charge in [-0.25, -0.2) is 4.79 Å². The summed E-state index contributed by atoms with van der Waals surface area (Å²) in [6.07, 6.45) is 8.19. The van der Waals surface area contributed by atoms with Crippen molar-refractivity contribution >= 4 is 17.6 Å². The van der Waals surface area contributed by atoms with Crippen LogP contribution in [0.2, 0.25) is 0 Å². The van der Waals surface area contributed by atoms with E-state index in [0.29, 0.717) is 29.7 Å². The fraction of sp³-hybridized carbons (Fsp3) is 0.474. The van der Waals surface area contributed by atoms with E-state index in [1.807, 2.05) is 13.0 Å². The summed E-state index contributed by atoms with van der Waals surface area (Å²) in [5, 5.41) is 2.93. The molecule has 2 aliphatic carbocycles. The van der Waals surface area contributed by atoms with Gasteiger partial charge in [0.2, 0.25) is 5.91 Å². The zero-order valence-electron chi connectivity index (χ0n) is 13.5. The molecule has 0 radical (unpaired) electrons. The van der Waals surface area contributed by atoms with E-state index in [1.54, 1.807) is 18.2 Å². The van der Waals surface area contributed by atoms with Crippen LogP contribution >= 0.6 is 0 Å². The third kappa shape index (κ3) is 3.46. The standard InChI is InChI=1S/C19H23NO3/c1-2-3-10-23-19(22)15-6-4-5-7-17(15)20-18(21)16-12-13-8-9-14(16)11-13/h4-9,13-14,16H,2-3,10-12H2,1H3,(H,20,21). The number of nitrogens with one attached hydrogen (secondary N) is 1. The Labute approximate surface area is 136 Å². The Balaban J connectivity index is 1.67. The quantitative estimate of drug-likeness (QED) is 0.494. The molecule has 0 heterocycles. The monoisotopic (exact) mass is 313 g/mol. The van der Waals surface area contributed by atoms with Gasteiger partial charge in [0.15, 0.2) is 0 Å². The first-order valence-corrected chi connectivity index (χ1v) is 8.44. The van der Waals surface area contributed by atoms with Gasteiger partial charge in [0.1, 0.15) is 0 Å². The van der Waals surface area contributed by atoms with Gasteiger partial charge in [0, 0.05) is 5.92 Å². The van der Waals surface area contributed by atoms with Gasteiger partial charge in [-0.3, -0.25) is 4.79 Å². The van der Waals surface area contributed by atoms with Gasteiger partial charge in [0.25, 0.3) is 0 Å². The van der Waals surface area contributed by atoms with Crippen LogP contribution in [0.5, 0.6) is 0 Å². The highest BCUT2D eigenvalue weighted by Crippen LogP contribution is 2.43. The van der Waals surface area contributed by atoms with E-state index >= 15 is 0 Å². The molecule has 122 valence electrons. The molecule has 4 heteroatoms. The molecule has 1 fully saturated rings. The summed E-state index contributed by atoms with van der Waals surface area (Å²) >= 11 is 0. The zero-order chi connectivity index (χ0) is 16.2. The molecule has 1 amide bonds. The maximum atomic E-state index is 12.5. The van der Waals surface area contributed by atoms with Crippen LogP contribution in [0.25, 0.3) is 0 Å². The predicted molar refractivity (Wildman–Crippen MR) is 89.1 cm³/mol. The van der Waals surface area contributed by atoms with Crippen molar-refractivity contribution in [1.82, 2.24) is 0 Å². The summed E-state index contributed by atoms with van der Waals surface area (Å²) in [6.45, 7) is 2.46. The van der Waals surface area contributed by atoms with E-state index in [0.717, 1.165) is 25.7 Å². The minimum absolute atomic E-state index is 0.00987. The average molecular weight is 313 g/mol. The Hall–Kier alpha value is -2.10. The molecule has 2 aliphatic rings. The summed E-state index contributed by atoms with van der Waals surface area (Å²) in [5.74, 6) is 0.556. The SMILES string of the molecule is CCCCOC(=O)c1ccccc1NC(=O)C1CC2C=CC1C2. The summed E-state index contributed by atoms with van der Waals surface area (Å²) in [4.78, 5) is 24.7. The number of rotatable bonds is 6. The maximum absolute atomic E-state index is 12.5. The van der Waals surface area contributed by atoms with Crippen LogP contribution in [-0.2, 0) is 9.53 Å². The van der Waals surface area contributed by atoms with Gasteiger partial charge in [-0.2, -0.15) is 0 Å². The lowest BCUT2D eigenvalue weighted by Gasteiger charge is -2.18. The molecule has 1 aromatic rings. The minimum atomic E-state index is -0.373. The highest BCUT2D eigenvalue weighted by molar-refractivity contribution is 6.02. The van der Waals surface area contributed by atoms with Crippen molar-refractivity contribution in [3.63, 3.8) is 0 Å². The first kappa shape index (κ1) is 15.8. The van der Waals surface area contributed by atoms with Gasteiger partial charge in [-0.1, -0.05) is 37.6 Å². The summed E-state index contributed by atoms with van der Waals surface area (Å²) in [7, 11) is 0. The van der Waals surface area contributed by atoms with Crippen LogP contribution in [0, 0.1) is 17.8 Å². The second-order valence-electron chi connectivity index (χ2n) is 6.41. The number of para-hydroxylation sites is 1. The van der Waals surface area contributed by atoms with Crippen molar-refractivity contribution in [2.75, 3.05) is 11.9 Å². The van der Waals surface area contributed by atoms with Crippen LogP contribution in [0.15, 0.2) is 36.4 Å². The Morgan fingerprint density at radius 1 is 1.22 bits per heavy atom. The zero-order valence-corrected chi connectivity index (χ0v) is 13.5. The number of hydrogen-bond acceptors (Lipinski definition) is 3. The lowest BCUT2D eigenvalue weighted by Crippen LogP contribution is -2.26. The first-order chi connectivity index (χ1) is 11.2. The van der Waals surface area contributed by atoms with Gasteiger partial charge >= 0.3 is 5.97 Å². The van der Waals surface area contributed by atoms with E-state index < -0.39 is 0 Å². The number of hydrogen-bond donors (Lipinski definition) is 1. The third-order valence-electron chi connectivity index (χ3n) is 4.75. The topological polar surface area (TPSA) is 55.4 Å². The molecule has 1 saturated carbocycles. The molecule has 3 atom stereocenters. The van der Waals surface area contributed by atoms with Gasteiger partial charge in [-0.05, 0) is 43.2 Å². The summed E-state index contributed by atoms with van der Waals surface area (Å²) < 4.78 is 5.26. The van der Waals surface area contributed by atoms with Crippen LogP contribution < -0.4 is 5.32 Å². The predicted octanol–water partition coefficient (Wildman–Crippen LogP) is 3.79. The Bertz CT molecular complexity index is 623. The summed E-state index contributed by atoms with van der Waals surface area (Å²) in [5.41, 5.74) is 0.974. The fourth-order valence-electron chi connectivity index (χ4n) is 3.46. The number of carbonyl (C=O) groups is 2. The Morgan fingerprint density at radius 2 is 2.04 bits per heavy atom. The largest absolute Gasteiger partial charge is 0.462 e. The van der Waals surface area contributed by atoms with Crippen molar-refractivity contribution in [3.05, 3.63) is 42.0 Å². The molecular formula is C19H23NO3. The lowest BCUT2D eigenvalue weighted by molar-refractivity contribution is -0.120. The molecule has 0 aliphatic heterocycles. The van der Waals surface area contributed by atoms with Gasteiger partial charge in [-0.15, -0.1) is 0 Å². The number of allylic oxidation sites excluding steroid dienone is 2. The number of amides is 1. The van der Waals surface area contributed by atoms with Crippen molar-refractivity contribution in [3.8, 4) is 0 Å². The number of unbranched alkanes of at least 4 members (excludes halogenated alkanes) is 1. The maximum Gasteiger partial charge on any atom is 0.340 e. The van der Waals surface area contributed by atoms with E-state index in [9.17, 15) is 9.59 Å². The molecule has 4 nitrogen and oxygen atoms in total. The number of ether oxygens (including phenoxy) is 1. The number of esters is 1. The highest BCUT2D eigenvalue weighted by atomic mass is 16.5. The van der Waals surface area contributed by atoms with Gasteiger partial charge in [0.05, 0.1) is 17.9 Å². The molecule has 3 unspecified atom stereocenters. The normalized spacial score (nSPS) is 24.7. The molecule has 1 N–H and O–H groups in total. The van der Waals surface area contributed by atoms with Crippen LogP contribution in [0.4, 0.5) is 5.69 Å². The van der Waals surface area contributed by atoms with E-state index in [-0.39, 0.29) is 17.8 Å². The molecule has 23 heavy (non-hydrogen) atoms. The fourth-order valence-corrected chi connectivity index (χ4v) is 3.46. The Morgan fingerprint density at radius 3 is 2.74 bits per heavy atom. The second kappa shape index (κ2) is 6.99. The van der Waals surface area contributed by atoms with E-state index in [1.165, 1.54) is 0 Å². The molecule has 0 spiro atoms. The summed E-state index contributed by atoms with van der Waals surface area (Å²) in [6, 6.07) is 7.06. The number of carbonyl (C=O) groups excluding carboxylic acids is 2. The molecule has 3 rings (SSSR count). The Kier molecular flexibility index (Phi) is 4.79. The number of fused-ring (bicyclic) bond motifs is 2. The van der Waals surface area contributed by atoms with Crippen LogP contribution in [0.1, 0.15) is 43.0 Å². The number of benzene rings is 1. The number of anilines is 1. The highest BCUT2D eigenvalue weighted by Gasteiger charge is 2.39. The lowest BCUT2D eigenvalue weighted by atomic mass is 9.92. The first-order valence-electron chi connectivity index (χ1n) is 8.44. The van der Waals surface area contributed by atoms with Crippen molar-refractivity contribution in [1.29, 1.82) is 0 Å². The van der Waals surface area contributed by atoms with Crippen LogP contribution in [-0.4, -0.2) is 18.5 Å². The molecular weight excluding hydrogens is 290 g/mol. The van der Waals surface area contributed by atoms with E-state index in [4.69, 9.17) is 4.74 Å². The smallest absolute Gasteiger partial charge is 0.340 e. The average Bonchev–Trinajstić information content (AvgIpc) is 3.18. The third-order valence-corrected chi connectivity index (χ3v) is 4.75. The molecule has 1 aromatic carbocycles. The van der Waals surface area contributed by atoms with Gasteiger partial charge < -0.3 is 10.1 Å². The second-order valence-corrected chi connectivity index (χ2v) is 6.41. The van der Waals surface area contributed by atoms with Crippen molar-refractivity contribution < 1.29 is 14.3 Å². The van der Waals surface area contributed by atoms with Crippen molar-refractivity contribution in [2.24, 2.45) is 17.8 Å². The van der Waals surface area contributed by atoms with Crippen LogP contribution in [0.3, 0.4) is 0 Å². The van der Waals surface area contributed by atoms with E-state index in [2.05, 4.69) is 17.5 Å². The molecule has 0 saturated heterocycles. The molecule has 0 aromatic heterocycles.